The number of rotatable bonds is 56. The van der Waals surface area contributed by atoms with Gasteiger partial charge in [0.05, 0.1) is 40.3 Å². The van der Waals surface area contributed by atoms with Crippen LogP contribution in [0.4, 0.5) is 0 Å². The van der Waals surface area contributed by atoms with E-state index in [0.717, 1.165) is 64.2 Å². The van der Waals surface area contributed by atoms with Gasteiger partial charge in [-0.3, -0.25) is 9.59 Å². The topological polar surface area (TPSA) is 111 Å². The lowest BCUT2D eigenvalue weighted by atomic mass is 10.0. The zero-order valence-electron chi connectivity index (χ0n) is 47.8. The molecule has 0 saturated carbocycles. The fourth-order valence-electron chi connectivity index (χ4n) is 8.60. The molecular formula is C63H115NO8. The Hall–Kier alpha value is -2.75. The van der Waals surface area contributed by atoms with Gasteiger partial charge in [0.25, 0.3) is 0 Å². The minimum Gasteiger partial charge on any atom is -0.545 e. The SMILES string of the molecule is CCCCCCC/C=C\C/C=C\C/C=C\CCCCCCCCCCCCCCCCCCCCC(=O)OC(COC(=O)CCCCCCC/C=C\CCCCCCC)COC(OCC[N+](C)(C)C)C(=O)[O-]. The first-order valence-corrected chi connectivity index (χ1v) is 30.3. The Kier molecular flexibility index (Phi) is 52.4. The molecule has 9 heteroatoms. The Morgan fingerprint density at radius 2 is 0.750 bits per heavy atom. The highest BCUT2D eigenvalue weighted by Gasteiger charge is 2.22. The van der Waals surface area contributed by atoms with E-state index >= 15 is 0 Å². The van der Waals surface area contributed by atoms with Crippen molar-refractivity contribution in [3.63, 3.8) is 0 Å². The molecule has 72 heavy (non-hydrogen) atoms. The van der Waals surface area contributed by atoms with Crippen molar-refractivity contribution in [1.82, 2.24) is 0 Å². The molecule has 0 spiro atoms. The van der Waals surface area contributed by atoms with Crippen LogP contribution in [0.25, 0.3) is 0 Å². The molecule has 0 heterocycles. The second kappa shape index (κ2) is 54.5. The summed E-state index contributed by atoms with van der Waals surface area (Å²) in [4.78, 5) is 37.2. The number of carbonyl (C=O) groups excluding carboxylic acids is 3. The van der Waals surface area contributed by atoms with Crippen molar-refractivity contribution in [3.05, 3.63) is 48.6 Å². The molecule has 0 fully saturated rings. The molecule has 2 unspecified atom stereocenters. The summed E-state index contributed by atoms with van der Waals surface area (Å²) < 4.78 is 22.7. The van der Waals surface area contributed by atoms with E-state index in [1.165, 1.54) is 180 Å². The van der Waals surface area contributed by atoms with E-state index in [4.69, 9.17) is 18.9 Å². The van der Waals surface area contributed by atoms with Crippen molar-refractivity contribution in [2.75, 3.05) is 47.5 Å². The lowest BCUT2D eigenvalue weighted by Gasteiger charge is -2.26. The molecule has 0 bridgehead atoms. The van der Waals surface area contributed by atoms with Gasteiger partial charge in [-0.15, -0.1) is 0 Å². The molecular weight excluding hydrogens is 899 g/mol. The molecule has 0 amide bonds. The van der Waals surface area contributed by atoms with Gasteiger partial charge >= 0.3 is 11.9 Å². The van der Waals surface area contributed by atoms with Crippen LogP contribution in [-0.4, -0.2) is 82.3 Å². The summed E-state index contributed by atoms with van der Waals surface area (Å²) in [5, 5.41) is 11.8. The Morgan fingerprint density at radius 3 is 1.12 bits per heavy atom. The maximum Gasteiger partial charge on any atom is 0.306 e. The van der Waals surface area contributed by atoms with Crippen molar-refractivity contribution in [3.8, 4) is 0 Å². The number of hydrogen-bond donors (Lipinski definition) is 0. The third kappa shape index (κ3) is 55.0. The molecule has 0 aromatic carbocycles. The predicted octanol–water partition coefficient (Wildman–Crippen LogP) is 16.5. The van der Waals surface area contributed by atoms with E-state index in [1.54, 1.807) is 0 Å². The fraction of sp³-hybridized carbons (Fsp3) is 0.825. The fourth-order valence-corrected chi connectivity index (χ4v) is 8.60. The first-order chi connectivity index (χ1) is 35.1. The van der Waals surface area contributed by atoms with Gasteiger partial charge in [0, 0.05) is 12.8 Å². The monoisotopic (exact) mass is 1010 g/mol. The van der Waals surface area contributed by atoms with Crippen LogP contribution in [0, 0.1) is 0 Å². The molecule has 2 atom stereocenters. The van der Waals surface area contributed by atoms with Gasteiger partial charge in [0.2, 0.25) is 0 Å². The van der Waals surface area contributed by atoms with E-state index < -0.39 is 24.3 Å². The highest BCUT2D eigenvalue weighted by atomic mass is 16.7. The summed E-state index contributed by atoms with van der Waals surface area (Å²) >= 11 is 0. The van der Waals surface area contributed by atoms with Crippen LogP contribution < -0.4 is 5.11 Å². The summed E-state index contributed by atoms with van der Waals surface area (Å²) in [5.41, 5.74) is 0. The average molecular weight is 1010 g/mol. The number of unbranched alkanes of at least 4 members (excludes halogenated alkanes) is 33. The minimum atomic E-state index is -1.62. The van der Waals surface area contributed by atoms with Gasteiger partial charge < -0.3 is 33.3 Å². The molecule has 0 N–H and O–H groups in total. The van der Waals surface area contributed by atoms with Gasteiger partial charge in [0.15, 0.2) is 12.4 Å². The first-order valence-electron chi connectivity index (χ1n) is 30.3. The summed E-state index contributed by atoms with van der Waals surface area (Å²) in [5.74, 6) is -2.28. The summed E-state index contributed by atoms with van der Waals surface area (Å²) in [6.07, 6.45) is 64.6. The average Bonchev–Trinajstić information content (AvgIpc) is 3.35. The van der Waals surface area contributed by atoms with Gasteiger partial charge in [-0.2, -0.15) is 0 Å². The number of carbonyl (C=O) groups is 3. The van der Waals surface area contributed by atoms with Gasteiger partial charge in [0.1, 0.15) is 13.2 Å². The maximum atomic E-state index is 12.9. The molecule has 0 aliphatic heterocycles. The minimum absolute atomic E-state index is 0.147. The van der Waals surface area contributed by atoms with Crippen molar-refractivity contribution in [2.45, 2.75) is 289 Å². The van der Waals surface area contributed by atoms with Crippen molar-refractivity contribution < 1.29 is 42.9 Å². The number of carboxylic acid groups (broad SMARTS) is 1. The van der Waals surface area contributed by atoms with Crippen molar-refractivity contribution in [2.24, 2.45) is 0 Å². The van der Waals surface area contributed by atoms with Crippen molar-refractivity contribution in [1.29, 1.82) is 0 Å². The number of allylic oxidation sites excluding steroid dienone is 8. The maximum absolute atomic E-state index is 12.9. The highest BCUT2D eigenvalue weighted by molar-refractivity contribution is 5.70. The number of nitrogens with zero attached hydrogens (tertiary/aromatic N) is 1. The molecule has 420 valence electrons. The van der Waals surface area contributed by atoms with Crippen molar-refractivity contribution >= 4 is 17.9 Å². The number of carboxylic acids is 1. The summed E-state index contributed by atoms with van der Waals surface area (Å²) in [6, 6.07) is 0. The van der Waals surface area contributed by atoms with E-state index in [9.17, 15) is 19.5 Å². The number of aliphatic carboxylic acids is 1. The van der Waals surface area contributed by atoms with Crippen LogP contribution in [0.2, 0.25) is 0 Å². The third-order valence-electron chi connectivity index (χ3n) is 13.3. The lowest BCUT2D eigenvalue weighted by molar-refractivity contribution is -0.870. The normalized spacial score (nSPS) is 13.1. The smallest absolute Gasteiger partial charge is 0.306 e. The largest absolute Gasteiger partial charge is 0.545 e. The predicted molar refractivity (Wildman–Crippen MR) is 302 cm³/mol. The van der Waals surface area contributed by atoms with E-state index in [1.807, 2.05) is 21.1 Å². The molecule has 0 aliphatic rings. The molecule has 0 rings (SSSR count). The van der Waals surface area contributed by atoms with Crippen LogP contribution in [-0.2, 0) is 33.3 Å². The lowest BCUT2D eigenvalue weighted by Crippen LogP contribution is -2.44. The molecule has 0 aromatic heterocycles. The van der Waals surface area contributed by atoms with Gasteiger partial charge in [-0.05, 0) is 77.0 Å². The number of likely N-dealkylation sites (N-methyl/N-ethyl adjacent to an activating group) is 1. The number of quaternary nitrogens is 1. The molecule has 0 radical (unpaired) electrons. The van der Waals surface area contributed by atoms with Crippen LogP contribution in [0.1, 0.15) is 277 Å². The van der Waals surface area contributed by atoms with Crippen LogP contribution in [0.15, 0.2) is 48.6 Å². The van der Waals surface area contributed by atoms with E-state index in [-0.39, 0.29) is 38.6 Å². The Labute approximate surface area is 444 Å². The Morgan fingerprint density at radius 1 is 0.417 bits per heavy atom. The highest BCUT2D eigenvalue weighted by Crippen LogP contribution is 2.17. The van der Waals surface area contributed by atoms with Gasteiger partial charge in [-0.1, -0.05) is 236 Å². The van der Waals surface area contributed by atoms with Crippen LogP contribution >= 0.6 is 0 Å². The first kappa shape index (κ1) is 69.2. The number of ether oxygens (including phenoxy) is 4. The van der Waals surface area contributed by atoms with Gasteiger partial charge in [-0.25, -0.2) is 0 Å². The van der Waals surface area contributed by atoms with Crippen LogP contribution in [0.5, 0.6) is 0 Å². The second-order valence-corrected chi connectivity index (χ2v) is 21.6. The Balaban J connectivity index is 4.08. The van der Waals surface area contributed by atoms with E-state index in [2.05, 4.69) is 62.5 Å². The second-order valence-electron chi connectivity index (χ2n) is 21.6. The summed E-state index contributed by atoms with van der Waals surface area (Å²) in [7, 11) is 5.92. The zero-order valence-corrected chi connectivity index (χ0v) is 47.8. The number of esters is 2. The third-order valence-corrected chi connectivity index (χ3v) is 13.3. The molecule has 0 aromatic rings. The molecule has 0 aliphatic carbocycles. The zero-order chi connectivity index (χ0) is 52.7. The molecule has 9 nitrogen and oxygen atoms in total. The quantitative estimate of drug-likeness (QED) is 0.0195. The molecule has 0 saturated heterocycles. The summed E-state index contributed by atoms with van der Waals surface area (Å²) in [6.45, 7) is 4.74. The Bertz CT molecular complexity index is 1320. The van der Waals surface area contributed by atoms with Crippen LogP contribution in [0.3, 0.4) is 0 Å². The standard InChI is InChI=1S/C63H115NO8/c1-6-8-10-12-14-16-18-20-22-23-24-25-26-27-28-29-30-31-32-33-34-35-36-37-38-39-40-42-44-46-48-50-52-54-61(66)72-59(58-71-63(62(67)68)69-56-55-64(3,4)5)57-70-60(65)53-51-49-47-45-43-41-21-19-17-15-13-11-9-7-2/h18-21,23-24,26-27,59,63H,6-17,22,25,28-58H2,1-5H3/b20-18-,21-19-,24-23-,27-26-. The number of hydrogen-bond acceptors (Lipinski definition) is 8. The van der Waals surface area contributed by atoms with E-state index in [0.29, 0.717) is 17.4 Å².